The van der Waals surface area contributed by atoms with E-state index >= 15 is 0 Å². The zero-order valence-electron chi connectivity index (χ0n) is 11.9. The fourth-order valence-electron chi connectivity index (χ4n) is 1.78. The molecule has 0 aliphatic rings. The van der Waals surface area contributed by atoms with Crippen molar-refractivity contribution in [1.82, 2.24) is 14.2 Å². The molecule has 0 spiro atoms. The highest BCUT2D eigenvalue weighted by Crippen LogP contribution is 2.14. The number of hydrogen-bond donors (Lipinski definition) is 2. The van der Waals surface area contributed by atoms with Crippen molar-refractivity contribution >= 4 is 10.0 Å². The SMILES string of the molecule is CCCn1cc(S(=O)(=O)NCCN(C)C)cc1CN. The van der Waals surface area contributed by atoms with E-state index in [1.165, 1.54) is 0 Å². The van der Waals surface area contributed by atoms with E-state index in [9.17, 15) is 8.42 Å². The summed E-state index contributed by atoms with van der Waals surface area (Å²) < 4.78 is 28.7. The molecular weight excluding hydrogens is 264 g/mol. The molecule has 19 heavy (non-hydrogen) atoms. The second kappa shape index (κ2) is 7.04. The number of sulfonamides is 1. The molecule has 0 aliphatic carbocycles. The first kappa shape index (κ1) is 16.2. The molecule has 1 aromatic rings. The van der Waals surface area contributed by atoms with Crippen LogP contribution in [0.5, 0.6) is 0 Å². The normalized spacial score (nSPS) is 12.3. The van der Waals surface area contributed by atoms with Crippen molar-refractivity contribution in [3.8, 4) is 0 Å². The molecule has 110 valence electrons. The van der Waals surface area contributed by atoms with Crippen molar-refractivity contribution in [1.29, 1.82) is 0 Å². The predicted molar refractivity (Wildman–Crippen MR) is 76.4 cm³/mol. The zero-order chi connectivity index (χ0) is 14.5. The van der Waals surface area contributed by atoms with Crippen LogP contribution in [0, 0.1) is 0 Å². The van der Waals surface area contributed by atoms with Crippen molar-refractivity contribution < 1.29 is 8.42 Å². The van der Waals surface area contributed by atoms with Gasteiger partial charge < -0.3 is 15.2 Å². The fraction of sp³-hybridized carbons (Fsp3) is 0.667. The van der Waals surface area contributed by atoms with Crippen molar-refractivity contribution in [2.24, 2.45) is 5.73 Å². The predicted octanol–water partition coefficient (Wildman–Crippen LogP) is 0.197. The quantitative estimate of drug-likeness (QED) is 0.716. The van der Waals surface area contributed by atoms with Gasteiger partial charge in [0.05, 0.1) is 4.90 Å². The van der Waals surface area contributed by atoms with Gasteiger partial charge >= 0.3 is 0 Å². The van der Waals surface area contributed by atoms with Crippen LogP contribution >= 0.6 is 0 Å². The first-order valence-electron chi connectivity index (χ1n) is 6.44. The van der Waals surface area contributed by atoms with E-state index in [4.69, 9.17) is 5.73 Å². The molecule has 0 atom stereocenters. The van der Waals surface area contributed by atoms with Crippen LogP contribution in [-0.2, 0) is 23.1 Å². The van der Waals surface area contributed by atoms with Crippen molar-refractivity contribution in [3.63, 3.8) is 0 Å². The van der Waals surface area contributed by atoms with Gasteiger partial charge in [-0.15, -0.1) is 0 Å². The van der Waals surface area contributed by atoms with Gasteiger partial charge in [-0.3, -0.25) is 0 Å². The number of nitrogens with zero attached hydrogens (tertiary/aromatic N) is 2. The topological polar surface area (TPSA) is 80.4 Å². The van der Waals surface area contributed by atoms with E-state index in [-0.39, 0.29) is 0 Å². The Kier molecular flexibility index (Phi) is 5.99. The Morgan fingerprint density at radius 2 is 2.11 bits per heavy atom. The summed E-state index contributed by atoms with van der Waals surface area (Å²) in [6.45, 7) is 4.22. The van der Waals surface area contributed by atoms with Gasteiger partial charge in [0, 0.05) is 38.1 Å². The van der Waals surface area contributed by atoms with Crippen molar-refractivity contribution in [2.45, 2.75) is 31.3 Å². The standard InChI is InChI=1S/C12H24N4O2S/c1-4-6-16-10-12(8-11(16)9-13)19(17,18)14-5-7-15(2)3/h8,10,14H,4-7,9,13H2,1-3H3. The number of aryl methyl sites for hydroxylation is 1. The van der Waals surface area contributed by atoms with E-state index in [0.29, 0.717) is 24.5 Å². The number of likely N-dealkylation sites (N-methyl/N-ethyl adjacent to an activating group) is 1. The Hall–Kier alpha value is -0.890. The fourth-order valence-corrected chi connectivity index (χ4v) is 2.86. The number of hydrogen-bond acceptors (Lipinski definition) is 4. The molecule has 0 aromatic carbocycles. The third-order valence-electron chi connectivity index (χ3n) is 2.80. The summed E-state index contributed by atoms with van der Waals surface area (Å²) >= 11 is 0. The Morgan fingerprint density at radius 3 is 2.63 bits per heavy atom. The van der Waals surface area contributed by atoms with Crippen LogP contribution in [0.25, 0.3) is 0 Å². The first-order chi connectivity index (χ1) is 8.90. The average Bonchev–Trinajstić information content (AvgIpc) is 2.72. The Morgan fingerprint density at radius 1 is 1.42 bits per heavy atom. The molecule has 0 aliphatic heterocycles. The highest BCUT2D eigenvalue weighted by atomic mass is 32.2. The maximum atomic E-state index is 12.1. The Balaban J connectivity index is 2.83. The summed E-state index contributed by atoms with van der Waals surface area (Å²) in [6.07, 6.45) is 2.60. The van der Waals surface area contributed by atoms with Crippen LogP contribution in [0.1, 0.15) is 19.0 Å². The summed E-state index contributed by atoms with van der Waals surface area (Å²) in [5, 5.41) is 0. The first-order valence-corrected chi connectivity index (χ1v) is 7.92. The molecule has 3 N–H and O–H groups in total. The highest BCUT2D eigenvalue weighted by Gasteiger charge is 2.17. The summed E-state index contributed by atoms with van der Waals surface area (Å²) in [4.78, 5) is 2.22. The van der Waals surface area contributed by atoms with Crippen LogP contribution in [0.2, 0.25) is 0 Å². The molecule has 0 saturated carbocycles. The maximum Gasteiger partial charge on any atom is 0.242 e. The van der Waals surface area contributed by atoms with E-state index in [2.05, 4.69) is 4.72 Å². The second-order valence-corrected chi connectivity index (χ2v) is 6.53. The lowest BCUT2D eigenvalue weighted by Gasteiger charge is -2.10. The van der Waals surface area contributed by atoms with Crippen molar-refractivity contribution in [3.05, 3.63) is 18.0 Å². The molecule has 1 heterocycles. The third kappa shape index (κ3) is 4.61. The van der Waals surface area contributed by atoms with E-state index < -0.39 is 10.0 Å². The monoisotopic (exact) mass is 288 g/mol. The van der Waals surface area contributed by atoms with Gasteiger partial charge in [0.25, 0.3) is 0 Å². The lowest BCUT2D eigenvalue weighted by molar-refractivity contribution is 0.412. The molecular formula is C12H24N4O2S. The summed E-state index contributed by atoms with van der Waals surface area (Å²) in [5.41, 5.74) is 6.48. The molecule has 0 radical (unpaired) electrons. The number of nitrogens with one attached hydrogen (secondary N) is 1. The van der Waals surface area contributed by atoms with Crippen LogP contribution in [-0.4, -0.2) is 45.1 Å². The van der Waals surface area contributed by atoms with Gasteiger partial charge in [0.2, 0.25) is 10.0 Å². The van der Waals surface area contributed by atoms with E-state index in [1.807, 2.05) is 30.5 Å². The average molecular weight is 288 g/mol. The van der Waals surface area contributed by atoms with Crippen LogP contribution in [0.4, 0.5) is 0 Å². The van der Waals surface area contributed by atoms with Gasteiger partial charge in [0.1, 0.15) is 0 Å². The van der Waals surface area contributed by atoms with E-state index in [0.717, 1.165) is 18.7 Å². The van der Waals surface area contributed by atoms with E-state index in [1.54, 1.807) is 12.3 Å². The van der Waals surface area contributed by atoms with Gasteiger partial charge in [0.15, 0.2) is 0 Å². The van der Waals surface area contributed by atoms with Gasteiger partial charge in [-0.2, -0.15) is 0 Å². The molecule has 1 aromatic heterocycles. The maximum absolute atomic E-state index is 12.1. The molecule has 0 fully saturated rings. The number of rotatable bonds is 8. The minimum Gasteiger partial charge on any atom is -0.349 e. The lowest BCUT2D eigenvalue weighted by atomic mass is 10.4. The van der Waals surface area contributed by atoms with Crippen LogP contribution < -0.4 is 10.5 Å². The molecule has 0 unspecified atom stereocenters. The third-order valence-corrected chi connectivity index (χ3v) is 4.22. The molecule has 0 saturated heterocycles. The Bertz CT molecular complexity index is 494. The highest BCUT2D eigenvalue weighted by molar-refractivity contribution is 7.89. The van der Waals surface area contributed by atoms with Crippen molar-refractivity contribution in [2.75, 3.05) is 27.2 Å². The zero-order valence-corrected chi connectivity index (χ0v) is 12.7. The molecule has 0 bridgehead atoms. The van der Waals surface area contributed by atoms with Gasteiger partial charge in [-0.05, 0) is 26.6 Å². The number of nitrogens with two attached hydrogens (primary N) is 1. The summed E-state index contributed by atoms with van der Waals surface area (Å²) in [5.74, 6) is 0. The lowest BCUT2D eigenvalue weighted by Crippen LogP contribution is -2.31. The molecule has 1 rings (SSSR count). The van der Waals surface area contributed by atoms with Gasteiger partial charge in [-0.25, -0.2) is 13.1 Å². The summed E-state index contributed by atoms with van der Waals surface area (Å²) in [7, 11) is 0.364. The molecule has 6 nitrogen and oxygen atoms in total. The number of aromatic nitrogens is 1. The molecule has 7 heteroatoms. The minimum atomic E-state index is -3.44. The molecule has 0 amide bonds. The van der Waals surface area contributed by atoms with Crippen LogP contribution in [0.3, 0.4) is 0 Å². The largest absolute Gasteiger partial charge is 0.349 e. The van der Waals surface area contributed by atoms with Crippen LogP contribution in [0.15, 0.2) is 17.2 Å². The smallest absolute Gasteiger partial charge is 0.242 e. The summed E-state index contributed by atoms with van der Waals surface area (Å²) in [6, 6.07) is 1.65. The second-order valence-electron chi connectivity index (χ2n) is 4.77. The Labute approximate surface area is 115 Å². The minimum absolute atomic E-state index is 0.292. The van der Waals surface area contributed by atoms with Gasteiger partial charge in [-0.1, -0.05) is 6.92 Å².